The third-order valence-corrected chi connectivity index (χ3v) is 4.98. The highest BCUT2D eigenvalue weighted by molar-refractivity contribution is 9.10. The van der Waals surface area contributed by atoms with Crippen molar-refractivity contribution in [2.24, 2.45) is 0 Å². The van der Waals surface area contributed by atoms with Crippen molar-refractivity contribution in [3.05, 3.63) is 94.5 Å². The second kappa shape index (κ2) is 9.57. The number of benzene rings is 2. The molecule has 2 heterocycles. The predicted octanol–water partition coefficient (Wildman–Crippen LogP) is 5.99. The van der Waals surface area contributed by atoms with Crippen LogP contribution >= 0.6 is 15.9 Å². The van der Waals surface area contributed by atoms with Crippen LogP contribution in [0.4, 0.5) is 28.7 Å². The zero-order valence-electron chi connectivity index (χ0n) is 17.6. The highest BCUT2D eigenvalue weighted by Gasteiger charge is 2.08. The molecule has 7 nitrogen and oxygen atoms in total. The highest BCUT2D eigenvalue weighted by atomic mass is 79.9. The molecule has 0 atom stereocenters. The number of aromatic nitrogens is 3. The summed E-state index contributed by atoms with van der Waals surface area (Å²) in [6, 6.07) is 19.1. The van der Waals surface area contributed by atoms with Crippen molar-refractivity contribution in [3.63, 3.8) is 0 Å². The minimum Gasteiger partial charge on any atom is -0.340 e. The lowest BCUT2D eigenvalue weighted by Gasteiger charge is -2.11. The van der Waals surface area contributed by atoms with Gasteiger partial charge in [0, 0.05) is 40.0 Å². The van der Waals surface area contributed by atoms with Gasteiger partial charge in [-0.3, -0.25) is 9.78 Å². The van der Waals surface area contributed by atoms with Gasteiger partial charge in [0.05, 0.1) is 5.56 Å². The number of anilines is 5. The summed E-state index contributed by atoms with van der Waals surface area (Å²) in [6.45, 7) is 3.90. The molecule has 0 spiro atoms. The van der Waals surface area contributed by atoms with Crippen molar-refractivity contribution in [2.75, 3.05) is 16.0 Å². The van der Waals surface area contributed by atoms with Crippen LogP contribution in [0.25, 0.3) is 0 Å². The van der Waals surface area contributed by atoms with Gasteiger partial charge in [-0.1, -0.05) is 17.7 Å². The quantitative estimate of drug-likeness (QED) is 0.308. The van der Waals surface area contributed by atoms with E-state index in [0.717, 1.165) is 15.8 Å². The summed E-state index contributed by atoms with van der Waals surface area (Å²) in [7, 11) is 0. The van der Waals surface area contributed by atoms with E-state index >= 15 is 0 Å². The van der Waals surface area contributed by atoms with E-state index in [0.29, 0.717) is 28.7 Å². The molecular weight excluding hydrogens is 468 g/mol. The molecule has 0 unspecified atom stereocenters. The second-order valence-electron chi connectivity index (χ2n) is 7.22. The van der Waals surface area contributed by atoms with Gasteiger partial charge in [0.15, 0.2) is 0 Å². The van der Waals surface area contributed by atoms with Crippen molar-refractivity contribution in [2.45, 2.75) is 13.8 Å². The van der Waals surface area contributed by atoms with E-state index in [-0.39, 0.29) is 5.91 Å². The summed E-state index contributed by atoms with van der Waals surface area (Å²) >= 11 is 3.32. The maximum atomic E-state index is 12.4. The van der Waals surface area contributed by atoms with E-state index < -0.39 is 0 Å². The van der Waals surface area contributed by atoms with Crippen molar-refractivity contribution >= 4 is 50.5 Å². The molecule has 32 heavy (non-hydrogen) atoms. The monoisotopic (exact) mass is 488 g/mol. The Balaban J connectivity index is 1.43. The lowest BCUT2D eigenvalue weighted by atomic mass is 10.2. The standard InChI is InChI=1S/C24H21BrN6O/c1-15-3-5-19(6-4-15)29-22-12-23(28-16(2)27-22)30-20-7-9-21(10-8-20)31-24(32)17-11-18(25)14-26-13-17/h3-14H,1-2H3,(H,31,32)(H2,27,28,29,30). The largest absolute Gasteiger partial charge is 0.340 e. The number of nitrogens with zero attached hydrogens (tertiary/aromatic N) is 3. The van der Waals surface area contributed by atoms with Gasteiger partial charge in [-0.05, 0) is 72.2 Å². The summed E-state index contributed by atoms with van der Waals surface area (Å²) in [5.41, 5.74) is 4.16. The molecule has 160 valence electrons. The van der Waals surface area contributed by atoms with Crippen molar-refractivity contribution in [1.82, 2.24) is 15.0 Å². The van der Waals surface area contributed by atoms with Crippen LogP contribution in [0.1, 0.15) is 21.7 Å². The normalized spacial score (nSPS) is 10.5. The van der Waals surface area contributed by atoms with Gasteiger partial charge >= 0.3 is 0 Å². The fraction of sp³-hybridized carbons (Fsp3) is 0.0833. The van der Waals surface area contributed by atoms with Crippen LogP contribution in [0.5, 0.6) is 0 Å². The molecule has 0 bridgehead atoms. The van der Waals surface area contributed by atoms with E-state index in [2.05, 4.69) is 53.8 Å². The maximum Gasteiger partial charge on any atom is 0.257 e. The molecular formula is C24H21BrN6O. The Morgan fingerprint density at radius 3 is 1.94 bits per heavy atom. The number of aryl methyl sites for hydroxylation is 2. The van der Waals surface area contributed by atoms with Crippen LogP contribution in [0, 0.1) is 13.8 Å². The summed E-state index contributed by atoms with van der Waals surface area (Å²) in [5, 5.41) is 9.44. The minimum absolute atomic E-state index is 0.224. The number of halogens is 1. The summed E-state index contributed by atoms with van der Waals surface area (Å²) in [6.07, 6.45) is 3.16. The number of pyridine rings is 1. The zero-order chi connectivity index (χ0) is 22.5. The van der Waals surface area contributed by atoms with Gasteiger partial charge in [0.1, 0.15) is 17.5 Å². The van der Waals surface area contributed by atoms with E-state index in [1.165, 1.54) is 11.8 Å². The Hall–Kier alpha value is -3.78. The third-order valence-electron chi connectivity index (χ3n) is 4.54. The first-order chi connectivity index (χ1) is 15.4. The number of rotatable bonds is 6. The average Bonchev–Trinajstić information content (AvgIpc) is 2.76. The molecule has 2 aromatic heterocycles. The fourth-order valence-corrected chi connectivity index (χ4v) is 3.37. The van der Waals surface area contributed by atoms with E-state index in [4.69, 9.17) is 0 Å². The van der Waals surface area contributed by atoms with Crippen LogP contribution < -0.4 is 16.0 Å². The molecule has 0 saturated heterocycles. The number of hydrogen-bond donors (Lipinski definition) is 3. The summed E-state index contributed by atoms with van der Waals surface area (Å²) < 4.78 is 0.751. The lowest BCUT2D eigenvalue weighted by Crippen LogP contribution is -2.12. The van der Waals surface area contributed by atoms with E-state index in [9.17, 15) is 4.79 Å². The fourth-order valence-electron chi connectivity index (χ4n) is 3.00. The van der Waals surface area contributed by atoms with Gasteiger partial charge in [0.25, 0.3) is 5.91 Å². The van der Waals surface area contributed by atoms with Gasteiger partial charge < -0.3 is 16.0 Å². The zero-order valence-corrected chi connectivity index (χ0v) is 19.1. The van der Waals surface area contributed by atoms with Gasteiger partial charge in [-0.15, -0.1) is 0 Å². The van der Waals surface area contributed by atoms with Crippen LogP contribution in [-0.4, -0.2) is 20.9 Å². The van der Waals surface area contributed by atoms with Gasteiger partial charge in [-0.2, -0.15) is 0 Å². The number of nitrogens with one attached hydrogen (secondary N) is 3. The Morgan fingerprint density at radius 1 is 0.781 bits per heavy atom. The van der Waals surface area contributed by atoms with Crippen LogP contribution in [0.3, 0.4) is 0 Å². The molecule has 1 amide bonds. The Bertz CT molecular complexity index is 1240. The Morgan fingerprint density at radius 2 is 1.34 bits per heavy atom. The van der Waals surface area contributed by atoms with Crippen LogP contribution in [0.15, 0.2) is 77.5 Å². The average molecular weight is 489 g/mol. The number of hydrogen-bond acceptors (Lipinski definition) is 6. The van der Waals surface area contributed by atoms with Gasteiger partial charge in [0.2, 0.25) is 0 Å². The third kappa shape index (κ3) is 5.67. The minimum atomic E-state index is -0.224. The molecule has 0 radical (unpaired) electrons. The number of carbonyl (C=O) groups excluding carboxylic acids is 1. The Kier molecular flexibility index (Phi) is 6.42. The number of amides is 1. The molecule has 4 rings (SSSR count). The molecule has 0 aliphatic carbocycles. The molecule has 0 saturated carbocycles. The van der Waals surface area contributed by atoms with Gasteiger partial charge in [-0.25, -0.2) is 9.97 Å². The first-order valence-corrected chi connectivity index (χ1v) is 10.7. The molecule has 4 aromatic rings. The first-order valence-electron chi connectivity index (χ1n) is 9.93. The van der Waals surface area contributed by atoms with Crippen molar-refractivity contribution < 1.29 is 4.79 Å². The van der Waals surface area contributed by atoms with Crippen molar-refractivity contribution in [3.8, 4) is 0 Å². The SMILES string of the molecule is Cc1ccc(Nc2cc(Nc3ccc(NC(=O)c4cncc(Br)c4)cc3)nc(C)n2)cc1. The van der Waals surface area contributed by atoms with Crippen LogP contribution in [0.2, 0.25) is 0 Å². The van der Waals surface area contributed by atoms with Crippen LogP contribution in [-0.2, 0) is 0 Å². The first kappa shape index (κ1) is 21.5. The topological polar surface area (TPSA) is 91.8 Å². The molecule has 2 aromatic carbocycles. The second-order valence-corrected chi connectivity index (χ2v) is 8.14. The molecule has 8 heteroatoms. The predicted molar refractivity (Wildman–Crippen MR) is 131 cm³/mol. The molecule has 3 N–H and O–H groups in total. The van der Waals surface area contributed by atoms with E-state index in [1.807, 2.05) is 61.5 Å². The maximum absolute atomic E-state index is 12.4. The highest BCUT2D eigenvalue weighted by Crippen LogP contribution is 2.22. The van der Waals surface area contributed by atoms with Crippen molar-refractivity contribution in [1.29, 1.82) is 0 Å². The molecule has 0 aliphatic heterocycles. The lowest BCUT2D eigenvalue weighted by molar-refractivity contribution is 0.102. The number of carbonyl (C=O) groups is 1. The smallest absolute Gasteiger partial charge is 0.257 e. The molecule has 0 fully saturated rings. The summed E-state index contributed by atoms with van der Waals surface area (Å²) in [4.78, 5) is 25.3. The van der Waals surface area contributed by atoms with E-state index in [1.54, 1.807) is 12.3 Å². The molecule has 0 aliphatic rings. The summed E-state index contributed by atoms with van der Waals surface area (Å²) in [5.74, 6) is 1.80. The Labute approximate surface area is 194 Å².